The molecule has 0 aliphatic heterocycles. The van der Waals surface area contributed by atoms with E-state index in [0.717, 1.165) is 17.8 Å². The van der Waals surface area contributed by atoms with Gasteiger partial charge in [0.1, 0.15) is 0 Å². The summed E-state index contributed by atoms with van der Waals surface area (Å²) in [5, 5.41) is 14.3. The standard InChI is InChI=1S/C15H12ClN3O4S/c16-10-2-4-11(5-3-10)18-14(20)8-24-13-6-1-9(15(17)21)7-12(13)19(22)23/h1-7H,8H2,(H2,17,21)(H,18,20). The Hall–Kier alpha value is -2.58. The summed E-state index contributed by atoms with van der Waals surface area (Å²) in [4.78, 5) is 33.8. The van der Waals surface area contributed by atoms with Crippen LogP contribution in [0.25, 0.3) is 0 Å². The number of rotatable bonds is 6. The van der Waals surface area contributed by atoms with Crippen molar-refractivity contribution in [2.75, 3.05) is 11.1 Å². The molecule has 3 N–H and O–H groups in total. The van der Waals surface area contributed by atoms with Gasteiger partial charge in [-0.1, -0.05) is 11.6 Å². The van der Waals surface area contributed by atoms with Gasteiger partial charge in [-0.3, -0.25) is 19.7 Å². The lowest BCUT2D eigenvalue weighted by atomic mass is 10.2. The number of nitrogens with one attached hydrogen (secondary N) is 1. The highest BCUT2D eigenvalue weighted by molar-refractivity contribution is 8.00. The summed E-state index contributed by atoms with van der Waals surface area (Å²) in [6, 6.07) is 10.5. The Labute approximate surface area is 146 Å². The van der Waals surface area contributed by atoms with Crippen LogP contribution in [0.4, 0.5) is 11.4 Å². The first-order valence-corrected chi connectivity index (χ1v) is 7.99. The van der Waals surface area contributed by atoms with Crippen LogP contribution < -0.4 is 11.1 Å². The number of primary amides is 1. The molecule has 0 heterocycles. The number of halogens is 1. The van der Waals surface area contributed by atoms with Crippen molar-refractivity contribution in [2.45, 2.75) is 4.90 Å². The van der Waals surface area contributed by atoms with Crippen LogP contribution in [0, 0.1) is 10.1 Å². The van der Waals surface area contributed by atoms with Crippen LogP contribution in [0.2, 0.25) is 5.02 Å². The highest BCUT2D eigenvalue weighted by Crippen LogP contribution is 2.30. The minimum atomic E-state index is -0.755. The Kier molecular flexibility index (Phi) is 5.78. The number of nitro benzene ring substituents is 1. The molecule has 0 saturated heterocycles. The second-order valence-electron chi connectivity index (χ2n) is 4.65. The zero-order chi connectivity index (χ0) is 17.7. The normalized spacial score (nSPS) is 10.2. The summed E-state index contributed by atoms with van der Waals surface area (Å²) in [6.07, 6.45) is 0. The van der Waals surface area contributed by atoms with E-state index in [9.17, 15) is 19.7 Å². The summed E-state index contributed by atoms with van der Waals surface area (Å²) in [5.41, 5.74) is 5.45. The quantitative estimate of drug-likeness (QED) is 0.463. The second-order valence-corrected chi connectivity index (χ2v) is 6.10. The van der Waals surface area contributed by atoms with Crippen molar-refractivity contribution < 1.29 is 14.5 Å². The molecule has 9 heteroatoms. The van der Waals surface area contributed by atoms with Crippen molar-refractivity contribution in [2.24, 2.45) is 5.73 Å². The van der Waals surface area contributed by atoms with Gasteiger partial charge in [0.05, 0.1) is 15.6 Å². The van der Waals surface area contributed by atoms with E-state index >= 15 is 0 Å². The molecule has 2 aromatic rings. The molecular formula is C15H12ClN3O4S. The molecule has 7 nitrogen and oxygen atoms in total. The van der Waals surface area contributed by atoms with Gasteiger partial charge in [0.15, 0.2) is 0 Å². The van der Waals surface area contributed by atoms with Crippen LogP contribution in [-0.4, -0.2) is 22.5 Å². The van der Waals surface area contributed by atoms with E-state index in [2.05, 4.69) is 5.32 Å². The van der Waals surface area contributed by atoms with Crippen molar-refractivity contribution in [1.29, 1.82) is 0 Å². The average Bonchev–Trinajstić information content (AvgIpc) is 2.54. The first-order valence-electron chi connectivity index (χ1n) is 6.63. The number of hydrogen-bond acceptors (Lipinski definition) is 5. The third kappa shape index (κ3) is 4.71. The molecule has 0 atom stereocenters. The summed E-state index contributed by atoms with van der Waals surface area (Å²) < 4.78 is 0. The van der Waals surface area contributed by atoms with Gasteiger partial charge in [0.2, 0.25) is 11.8 Å². The molecule has 0 saturated carbocycles. The SMILES string of the molecule is NC(=O)c1ccc(SCC(=O)Nc2ccc(Cl)cc2)c([N+](=O)[O-])c1. The van der Waals surface area contributed by atoms with Gasteiger partial charge in [-0.2, -0.15) is 0 Å². The van der Waals surface area contributed by atoms with Gasteiger partial charge in [-0.05, 0) is 36.4 Å². The van der Waals surface area contributed by atoms with Crippen LogP contribution in [-0.2, 0) is 4.79 Å². The second kappa shape index (κ2) is 7.80. The van der Waals surface area contributed by atoms with E-state index in [1.165, 1.54) is 12.1 Å². The predicted molar refractivity (Wildman–Crippen MR) is 92.4 cm³/mol. The highest BCUT2D eigenvalue weighted by atomic mass is 35.5. The lowest BCUT2D eigenvalue weighted by Gasteiger charge is -2.06. The van der Waals surface area contributed by atoms with Crippen LogP contribution in [0.15, 0.2) is 47.4 Å². The third-order valence-corrected chi connectivity index (χ3v) is 4.24. The Morgan fingerprint density at radius 2 is 1.88 bits per heavy atom. The molecule has 0 aliphatic carbocycles. The minimum Gasteiger partial charge on any atom is -0.366 e. The minimum absolute atomic E-state index is 0.0284. The number of carbonyl (C=O) groups excluding carboxylic acids is 2. The monoisotopic (exact) mass is 365 g/mol. The van der Waals surface area contributed by atoms with Gasteiger partial charge in [-0.25, -0.2) is 0 Å². The van der Waals surface area contributed by atoms with Crippen molar-refractivity contribution in [3.63, 3.8) is 0 Å². The Morgan fingerprint density at radius 3 is 2.46 bits per heavy atom. The van der Waals surface area contributed by atoms with E-state index < -0.39 is 10.8 Å². The number of nitrogens with two attached hydrogens (primary N) is 1. The summed E-state index contributed by atoms with van der Waals surface area (Å²) >= 11 is 6.75. The zero-order valence-electron chi connectivity index (χ0n) is 12.2. The Morgan fingerprint density at radius 1 is 1.21 bits per heavy atom. The van der Waals surface area contributed by atoms with Crippen molar-refractivity contribution in [3.05, 3.63) is 63.2 Å². The van der Waals surface area contributed by atoms with Crippen LogP contribution >= 0.6 is 23.4 Å². The van der Waals surface area contributed by atoms with Crippen molar-refractivity contribution >= 4 is 46.6 Å². The maximum Gasteiger partial charge on any atom is 0.283 e. The number of nitrogens with zero attached hydrogens (tertiary/aromatic N) is 1. The Bertz CT molecular complexity index is 796. The molecule has 0 aromatic heterocycles. The molecule has 2 rings (SSSR count). The lowest BCUT2D eigenvalue weighted by molar-refractivity contribution is -0.387. The number of nitro groups is 1. The molecule has 24 heavy (non-hydrogen) atoms. The molecule has 0 radical (unpaired) electrons. The summed E-state index contributed by atoms with van der Waals surface area (Å²) in [6.45, 7) is 0. The highest BCUT2D eigenvalue weighted by Gasteiger charge is 2.18. The largest absolute Gasteiger partial charge is 0.366 e. The summed E-state index contributed by atoms with van der Waals surface area (Å²) in [5.74, 6) is -1.11. The van der Waals surface area contributed by atoms with Gasteiger partial charge >= 0.3 is 0 Å². The molecule has 0 spiro atoms. The van der Waals surface area contributed by atoms with E-state index in [-0.39, 0.29) is 27.8 Å². The van der Waals surface area contributed by atoms with Gasteiger partial charge in [0, 0.05) is 22.3 Å². The number of carbonyl (C=O) groups is 2. The lowest BCUT2D eigenvalue weighted by Crippen LogP contribution is -2.14. The maximum absolute atomic E-state index is 11.9. The topological polar surface area (TPSA) is 115 Å². The van der Waals surface area contributed by atoms with Crippen molar-refractivity contribution in [3.8, 4) is 0 Å². The number of thioether (sulfide) groups is 1. The Balaban J connectivity index is 2.05. The fraction of sp³-hybridized carbons (Fsp3) is 0.0667. The van der Waals surface area contributed by atoms with Crippen molar-refractivity contribution in [1.82, 2.24) is 0 Å². The number of hydrogen-bond donors (Lipinski definition) is 2. The first kappa shape index (κ1) is 17.8. The molecular weight excluding hydrogens is 354 g/mol. The van der Waals surface area contributed by atoms with Gasteiger partial charge in [0.25, 0.3) is 5.69 Å². The fourth-order valence-electron chi connectivity index (χ4n) is 1.81. The zero-order valence-corrected chi connectivity index (χ0v) is 13.8. The molecule has 0 bridgehead atoms. The molecule has 0 aliphatic rings. The van der Waals surface area contributed by atoms with E-state index in [1.807, 2.05) is 0 Å². The molecule has 124 valence electrons. The van der Waals surface area contributed by atoms with E-state index in [4.69, 9.17) is 17.3 Å². The molecule has 0 fully saturated rings. The molecule has 0 unspecified atom stereocenters. The summed E-state index contributed by atoms with van der Waals surface area (Å²) in [7, 11) is 0. The first-order chi connectivity index (χ1) is 11.4. The van der Waals surface area contributed by atoms with Crippen LogP contribution in [0.3, 0.4) is 0 Å². The average molecular weight is 366 g/mol. The predicted octanol–water partition coefficient (Wildman–Crippen LogP) is 3.08. The van der Waals surface area contributed by atoms with E-state index in [1.54, 1.807) is 24.3 Å². The fourth-order valence-corrected chi connectivity index (χ4v) is 2.74. The molecule has 2 aromatic carbocycles. The third-order valence-electron chi connectivity index (χ3n) is 2.93. The van der Waals surface area contributed by atoms with Gasteiger partial charge in [-0.15, -0.1) is 11.8 Å². The number of benzene rings is 2. The number of anilines is 1. The maximum atomic E-state index is 11.9. The van der Waals surface area contributed by atoms with E-state index in [0.29, 0.717) is 10.7 Å². The van der Waals surface area contributed by atoms with Crippen LogP contribution in [0.1, 0.15) is 10.4 Å². The smallest absolute Gasteiger partial charge is 0.283 e. The molecule has 2 amide bonds. The number of amides is 2. The van der Waals surface area contributed by atoms with Crippen LogP contribution in [0.5, 0.6) is 0 Å². The van der Waals surface area contributed by atoms with Gasteiger partial charge < -0.3 is 11.1 Å².